The van der Waals surface area contributed by atoms with Gasteiger partial charge in [-0.1, -0.05) is 12.1 Å². The van der Waals surface area contributed by atoms with Crippen LogP contribution in [0.2, 0.25) is 0 Å². The van der Waals surface area contributed by atoms with Crippen molar-refractivity contribution in [1.82, 2.24) is 15.2 Å². The molecule has 4 rings (SSSR count). The lowest BCUT2D eigenvalue weighted by Gasteiger charge is -2.09. The molecule has 0 fully saturated rings. The number of hydrogen-bond acceptors (Lipinski definition) is 6. The normalized spacial score (nSPS) is 11.8. The molecule has 6 nitrogen and oxygen atoms in total. The van der Waals surface area contributed by atoms with Crippen molar-refractivity contribution in [2.45, 2.75) is 13.3 Å². The predicted molar refractivity (Wildman–Crippen MR) is 84.2 cm³/mol. The topological polar surface area (TPSA) is 74.2 Å². The van der Waals surface area contributed by atoms with E-state index in [1.165, 1.54) is 36.7 Å². The number of aromatic nitrogens is 3. The molecule has 0 radical (unpaired) electrons. The Balaban J connectivity index is 1.72. The van der Waals surface area contributed by atoms with Crippen LogP contribution >= 0.6 is 0 Å². The van der Waals surface area contributed by atoms with Crippen molar-refractivity contribution in [1.29, 1.82) is 0 Å². The van der Waals surface area contributed by atoms with E-state index in [4.69, 9.17) is 8.83 Å². The SMILES string of the molecule is Cc1nnc(-c2cc3c(-c4ccc(OC(F)(F)F)cc4)coc3cn2)o1. The summed E-state index contributed by atoms with van der Waals surface area (Å²) in [4.78, 5) is 4.22. The van der Waals surface area contributed by atoms with E-state index >= 15 is 0 Å². The number of benzene rings is 1. The molecule has 0 spiro atoms. The van der Waals surface area contributed by atoms with E-state index in [-0.39, 0.29) is 11.6 Å². The molecule has 0 unspecified atom stereocenters. The van der Waals surface area contributed by atoms with Gasteiger partial charge in [0.1, 0.15) is 11.4 Å². The lowest BCUT2D eigenvalue weighted by Crippen LogP contribution is -2.16. The average molecular weight is 361 g/mol. The third-order valence-electron chi connectivity index (χ3n) is 3.61. The monoisotopic (exact) mass is 361 g/mol. The molecule has 4 aromatic rings. The first-order chi connectivity index (χ1) is 12.4. The lowest BCUT2D eigenvalue weighted by molar-refractivity contribution is -0.274. The number of aryl methyl sites for hydroxylation is 1. The van der Waals surface area contributed by atoms with Gasteiger partial charge in [0, 0.05) is 17.9 Å². The molecule has 0 amide bonds. The Morgan fingerprint density at radius 3 is 2.50 bits per heavy atom. The van der Waals surface area contributed by atoms with Crippen molar-refractivity contribution < 1.29 is 26.7 Å². The van der Waals surface area contributed by atoms with Gasteiger partial charge in [-0.15, -0.1) is 23.4 Å². The highest BCUT2D eigenvalue weighted by Gasteiger charge is 2.31. The minimum atomic E-state index is -4.73. The largest absolute Gasteiger partial charge is 0.573 e. The maximum Gasteiger partial charge on any atom is 0.573 e. The fourth-order valence-corrected chi connectivity index (χ4v) is 2.51. The standard InChI is InChI=1S/C17H10F3N3O3/c1-9-22-23-16(25-9)14-6-12-13(8-24-15(12)7-21-14)10-2-4-11(5-3-10)26-17(18,19)20/h2-8H,1H3. The van der Waals surface area contributed by atoms with Gasteiger partial charge in [0.2, 0.25) is 5.89 Å². The van der Waals surface area contributed by atoms with Gasteiger partial charge in [0.25, 0.3) is 5.89 Å². The van der Waals surface area contributed by atoms with E-state index < -0.39 is 6.36 Å². The summed E-state index contributed by atoms with van der Waals surface area (Å²) in [7, 11) is 0. The van der Waals surface area contributed by atoms with Gasteiger partial charge in [-0.2, -0.15) is 0 Å². The van der Waals surface area contributed by atoms with Crippen LogP contribution in [0.1, 0.15) is 5.89 Å². The minimum Gasteiger partial charge on any atom is -0.462 e. The fourth-order valence-electron chi connectivity index (χ4n) is 2.51. The van der Waals surface area contributed by atoms with Gasteiger partial charge in [-0.05, 0) is 23.8 Å². The molecule has 0 aliphatic carbocycles. The van der Waals surface area contributed by atoms with Crippen molar-refractivity contribution in [3.05, 3.63) is 48.7 Å². The van der Waals surface area contributed by atoms with Crippen LogP contribution in [0.15, 0.2) is 51.6 Å². The van der Waals surface area contributed by atoms with Crippen molar-refractivity contribution in [3.8, 4) is 28.5 Å². The molecule has 3 heterocycles. The number of furan rings is 1. The van der Waals surface area contributed by atoms with Crippen LogP contribution in [-0.2, 0) is 0 Å². The number of nitrogens with zero attached hydrogens (tertiary/aromatic N) is 3. The highest BCUT2D eigenvalue weighted by atomic mass is 19.4. The van der Waals surface area contributed by atoms with E-state index in [1.54, 1.807) is 13.0 Å². The molecule has 3 aromatic heterocycles. The maximum atomic E-state index is 12.3. The Morgan fingerprint density at radius 2 is 1.85 bits per heavy atom. The van der Waals surface area contributed by atoms with Gasteiger partial charge in [-0.25, -0.2) is 4.98 Å². The number of rotatable bonds is 3. The van der Waals surface area contributed by atoms with Crippen LogP contribution in [0.3, 0.4) is 0 Å². The molecule has 1 aromatic carbocycles. The zero-order valence-electron chi connectivity index (χ0n) is 13.2. The summed E-state index contributed by atoms with van der Waals surface area (Å²) in [6.45, 7) is 1.67. The number of alkyl halides is 3. The second-order valence-electron chi connectivity index (χ2n) is 5.41. The molecular formula is C17H10F3N3O3. The van der Waals surface area contributed by atoms with Crippen molar-refractivity contribution in [2.24, 2.45) is 0 Å². The van der Waals surface area contributed by atoms with Crippen LogP contribution in [-0.4, -0.2) is 21.5 Å². The summed E-state index contributed by atoms with van der Waals surface area (Å²) in [5, 5.41) is 8.40. The molecule has 26 heavy (non-hydrogen) atoms. The molecule has 0 atom stereocenters. The number of ether oxygens (including phenoxy) is 1. The molecule has 0 saturated carbocycles. The van der Waals surface area contributed by atoms with Crippen LogP contribution < -0.4 is 4.74 Å². The highest BCUT2D eigenvalue weighted by molar-refractivity contribution is 5.95. The first-order valence-electron chi connectivity index (χ1n) is 7.43. The van der Waals surface area contributed by atoms with Crippen LogP contribution in [0.4, 0.5) is 13.2 Å². The van der Waals surface area contributed by atoms with E-state index in [2.05, 4.69) is 19.9 Å². The number of hydrogen-bond donors (Lipinski definition) is 0. The molecule has 0 aliphatic heterocycles. The smallest absolute Gasteiger partial charge is 0.462 e. The fraction of sp³-hybridized carbons (Fsp3) is 0.118. The summed E-state index contributed by atoms with van der Waals surface area (Å²) in [5.74, 6) is 0.387. The highest BCUT2D eigenvalue weighted by Crippen LogP contribution is 2.34. The average Bonchev–Trinajstić information content (AvgIpc) is 3.20. The first-order valence-corrected chi connectivity index (χ1v) is 7.43. The Morgan fingerprint density at radius 1 is 1.08 bits per heavy atom. The molecule has 0 bridgehead atoms. The Kier molecular flexibility index (Phi) is 3.64. The maximum absolute atomic E-state index is 12.3. The van der Waals surface area contributed by atoms with Gasteiger partial charge in [-0.3, -0.25) is 0 Å². The number of halogens is 3. The Bertz CT molecular complexity index is 1070. The van der Waals surface area contributed by atoms with E-state index in [1.807, 2.05) is 0 Å². The first kappa shape index (κ1) is 16.1. The summed E-state index contributed by atoms with van der Waals surface area (Å²) in [6, 6.07) is 7.24. The van der Waals surface area contributed by atoms with Crippen LogP contribution in [0.25, 0.3) is 33.7 Å². The van der Waals surface area contributed by atoms with Gasteiger partial charge < -0.3 is 13.6 Å². The Hall–Kier alpha value is -3.36. The summed E-state index contributed by atoms with van der Waals surface area (Å²) >= 11 is 0. The van der Waals surface area contributed by atoms with Gasteiger partial charge >= 0.3 is 6.36 Å². The Labute approximate surface area is 144 Å². The lowest BCUT2D eigenvalue weighted by atomic mass is 10.0. The number of fused-ring (bicyclic) bond motifs is 1. The predicted octanol–water partition coefficient (Wildman–Crippen LogP) is 4.75. The van der Waals surface area contributed by atoms with Crippen LogP contribution in [0.5, 0.6) is 5.75 Å². The summed E-state index contributed by atoms with van der Waals surface area (Å²) in [6.07, 6.45) is -1.70. The molecular weight excluding hydrogens is 351 g/mol. The molecule has 132 valence electrons. The molecule has 0 saturated heterocycles. The molecule has 9 heteroatoms. The van der Waals surface area contributed by atoms with E-state index in [0.29, 0.717) is 28.3 Å². The summed E-state index contributed by atoms with van der Waals surface area (Å²) in [5.41, 5.74) is 2.35. The van der Waals surface area contributed by atoms with Crippen LogP contribution in [0, 0.1) is 6.92 Å². The second kappa shape index (κ2) is 5.87. The van der Waals surface area contributed by atoms with E-state index in [9.17, 15) is 13.2 Å². The minimum absolute atomic E-state index is 0.269. The van der Waals surface area contributed by atoms with E-state index in [0.717, 1.165) is 5.39 Å². The zero-order chi connectivity index (χ0) is 18.3. The number of pyridine rings is 1. The van der Waals surface area contributed by atoms with Gasteiger partial charge in [0.05, 0.1) is 12.5 Å². The van der Waals surface area contributed by atoms with Crippen molar-refractivity contribution >= 4 is 11.0 Å². The molecule has 0 N–H and O–H groups in total. The molecule has 0 aliphatic rings. The quantitative estimate of drug-likeness (QED) is 0.524. The van der Waals surface area contributed by atoms with Gasteiger partial charge in [0.15, 0.2) is 5.58 Å². The van der Waals surface area contributed by atoms with Crippen molar-refractivity contribution in [2.75, 3.05) is 0 Å². The second-order valence-corrected chi connectivity index (χ2v) is 5.41. The zero-order valence-corrected chi connectivity index (χ0v) is 13.2. The third-order valence-corrected chi connectivity index (χ3v) is 3.61. The third kappa shape index (κ3) is 3.10. The summed E-state index contributed by atoms with van der Waals surface area (Å²) < 4.78 is 51.5. The van der Waals surface area contributed by atoms with Crippen molar-refractivity contribution in [3.63, 3.8) is 0 Å².